The Morgan fingerprint density at radius 2 is 1.83 bits per heavy atom. The van der Waals surface area contributed by atoms with Crippen molar-refractivity contribution in [1.82, 2.24) is 4.90 Å². The molecule has 0 bridgehead atoms. The van der Waals surface area contributed by atoms with Crippen molar-refractivity contribution in [2.24, 2.45) is 0 Å². The summed E-state index contributed by atoms with van der Waals surface area (Å²) in [7, 11) is 1.55. The van der Waals surface area contributed by atoms with E-state index in [1.807, 2.05) is 54.6 Å². The summed E-state index contributed by atoms with van der Waals surface area (Å²) in [5, 5.41) is 10.5. The van der Waals surface area contributed by atoms with Crippen LogP contribution < -0.4 is 0 Å². The molecule has 1 aliphatic rings. The molecule has 1 amide bonds. The van der Waals surface area contributed by atoms with Gasteiger partial charge in [-0.1, -0.05) is 67.6 Å². The number of hydrogen-bond acceptors (Lipinski definition) is 4. The molecule has 5 nitrogen and oxygen atoms in total. The van der Waals surface area contributed by atoms with Crippen molar-refractivity contribution < 1.29 is 19.4 Å². The third-order valence-corrected chi connectivity index (χ3v) is 5.04. The molecule has 0 radical (unpaired) electrons. The van der Waals surface area contributed by atoms with Gasteiger partial charge in [-0.05, 0) is 29.2 Å². The highest BCUT2D eigenvalue weighted by atomic mass is 16.5. The van der Waals surface area contributed by atoms with Gasteiger partial charge in [0.25, 0.3) is 5.91 Å². The van der Waals surface area contributed by atoms with E-state index in [9.17, 15) is 14.7 Å². The number of rotatable bonds is 8. The molecule has 29 heavy (non-hydrogen) atoms. The number of ketones is 1. The molecule has 0 spiro atoms. The summed E-state index contributed by atoms with van der Waals surface area (Å²) in [4.78, 5) is 27.2. The van der Waals surface area contributed by atoms with Gasteiger partial charge in [-0.25, -0.2) is 0 Å². The maximum atomic E-state index is 13.0. The van der Waals surface area contributed by atoms with Crippen LogP contribution in [0.5, 0.6) is 0 Å². The van der Waals surface area contributed by atoms with Gasteiger partial charge >= 0.3 is 0 Å². The molecule has 0 saturated carbocycles. The second kappa shape index (κ2) is 9.34. The van der Waals surface area contributed by atoms with Gasteiger partial charge < -0.3 is 14.7 Å². The van der Waals surface area contributed by atoms with Crippen molar-refractivity contribution in [3.05, 3.63) is 88.7 Å². The molecule has 1 heterocycles. The minimum absolute atomic E-state index is 0.0996. The number of nitrogens with zero attached hydrogens (tertiary/aromatic N) is 1. The van der Waals surface area contributed by atoms with Crippen LogP contribution in [0.4, 0.5) is 0 Å². The second-order valence-electron chi connectivity index (χ2n) is 6.86. The van der Waals surface area contributed by atoms with Crippen LogP contribution in [0, 0.1) is 0 Å². The minimum Gasteiger partial charge on any atom is -0.503 e. The van der Waals surface area contributed by atoms with Crippen LogP contribution in [0.1, 0.15) is 29.7 Å². The van der Waals surface area contributed by atoms with Crippen LogP contribution in [0.3, 0.4) is 0 Å². The van der Waals surface area contributed by atoms with Crippen LogP contribution in [0.2, 0.25) is 0 Å². The zero-order valence-electron chi connectivity index (χ0n) is 16.7. The van der Waals surface area contributed by atoms with Gasteiger partial charge in [0.15, 0.2) is 11.5 Å². The maximum absolute atomic E-state index is 13.0. The lowest BCUT2D eigenvalue weighted by molar-refractivity contribution is -0.130. The van der Waals surface area contributed by atoms with Crippen molar-refractivity contribution in [2.45, 2.75) is 19.4 Å². The molecule has 150 valence electrons. The summed E-state index contributed by atoms with van der Waals surface area (Å²) in [5.74, 6) is -1.43. The van der Waals surface area contributed by atoms with Crippen LogP contribution in [0.15, 0.2) is 72.0 Å². The highest BCUT2D eigenvalue weighted by molar-refractivity contribution is 6.14. The number of amides is 1. The Morgan fingerprint density at radius 1 is 1.14 bits per heavy atom. The first-order valence-corrected chi connectivity index (χ1v) is 9.66. The van der Waals surface area contributed by atoms with Gasteiger partial charge in [-0.3, -0.25) is 9.59 Å². The number of methoxy groups -OCH3 is 1. The quantitative estimate of drug-likeness (QED) is 0.694. The highest BCUT2D eigenvalue weighted by Crippen LogP contribution is 2.37. The lowest BCUT2D eigenvalue weighted by atomic mass is 9.94. The molecule has 0 aromatic heterocycles. The third kappa shape index (κ3) is 4.46. The molecule has 1 unspecified atom stereocenters. The van der Waals surface area contributed by atoms with Gasteiger partial charge in [0.2, 0.25) is 0 Å². The van der Waals surface area contributed by atoms with E-state index in [-0.39, 0.29) is 17.9 Å². The maximum Gasteiger partial charge on any atom is 0.290 e. The van der Waals surface area contributed by atoms with Crippen molar-refractivity contribution in [3.63, 3.8) is 0 Å². The van der Waals surface area contributed by atoms with Gasteiger partial charge in [-0.2, -0.15) is 0 Å². The average molecular weight is 391 g/mol. The summed E-state index contributed by atoms with van der Waals surface area (Å²) >= 11 is 0. The number of aryl methyl sites for hydroxylation is 1. The van der Waals surface area contributed by atoms with Gasteiger partial charge in [0.1, 0.15) is 0 Å². The molecule has 3 rings (SSSR count). The first-order chi connectivity index (χ1) is 14.1. The summed E-state index contributed by atoms with van der Waals surface area (Å²) in [6.07, 6.45) is 3.98. The molecular weight excluding hydrogens is 366 g/mol. The second-order valence-corrected chi connectivity index (χ2v) is 6.86. The average Bonchev–Trinajstić information content (AvgIpc) is 3.01. The number of ether oxygens (including phenoxy) is 1. The lowest BCUT2D eigenvalue weighted by Gasteiger charge is -2.26. The van der Waals surface area contributed by atoms with E-state index >= 15 is 0 Å². The standard InChI is InChI=1S/C24H25NO4/c1-3-17-9-12-19(13-10-17)22-21(23(27)24(28)25(22)15-16-29-2)20(26)14-11-18-7-5-4-6-8-18/h4-14,22,27H,3,15-16H2,1-2H3. The lowest BCUT2D eigenvalue weighted by Crippen LogP contribution is -2.33. The predicted molar refractivity (Wildman–Crippen MR) is 112 cm³/mol. The van der Waals surface area contributed by atoms with E-state index in [4.69, 9.17) is 4.74 Å². The SMILES string of the molecule is CCc1ccc(C2C(C(=O)C=Cc3ccccc3)=C(O)C(=O)N2CCOC)cc1. The van der Waals surface area contributed by atoms with Gasteiger partial charge in [-0.15, -0.1) is 0 Å². The van der Waals surface area contributed by atoms with E-state index in [0.29, 0.717) is 6.61 Å². The fourth-order valence-corrected chi connectivity index (χ4v) is 3.43. The largest absolute Gasteiger partial charge is 0.503 e. The topological polar surface area (TPSA) is 66.8 Å². The Morgan fingerprint density at radius 3 is 2.45 bits per heavy atom. The van der Waals surface area contributed by atoms with Gasteiger partial charge in [0.05, 0.1) is 18.2 Å². The number of benzene rings is 2. The zero-order valence-corrected chi connectivity index (χ0v) is 16.7. The van der Waals surface area contributed by atoms with Crippen LogP contribution in [-0.4, -0.2) is 42.0 Å². The van der Waals surface area contributed by atoms with E-state index in [1.165, 1.54) is 11.0 Å². The number of aliphatic hydroxyl groups is 1. The molecule has 1 N–H and O–H groups in total. The Hall–Kier alpha value is -3.18. The fraction of sp³-hybridized carbons (Fsp3) is 0.250. The first kappa shape index (κ1) is 20.6. The van der Waals surface area contributed by atoms with Crippen molar-refractivity contribution in [2.75, 3.05) is 20.3 Å². The molecule has 0 aliphatic carbocycles. The van der Waals surface area contributed by atoms with Crippen LogP contribution in [-0.2, 0) is 20.7 Å². The molecule has 2 aromatic rings. The summed E-state index contributed by atoms with van der Waals surface area (Å²) in [6, 6.07) is 16.5. The van der Waals surface area contributed by atoms with Crippen molar-refractivity contribution >= 4 is 17.8 Å². The number of aliphatic hydroxyl groups excluding tert-OH is 1. The van der Waals surface area contributed by atoms with E-state index in [0.717, 1.165) is 23.1 Å². The molecule has 1 aliphatic heterocycles. The van der Waals surface area contributed by atoms with Gasteiger partial charge in [0, 0.05) is 13.7 Å². The minimum atomic E-state index is -0.642. The molecule has 0 fully saturated rings. The van der Waals surface area contributed by atoms with Crippen molar-refractivity contribution in [1.29, 1.82) is 0 Å². The number of carbonyl (C=O) groups excluding carboxylic acids is 2. The first-order valence-electron chi connectivity index (χ1n) is 9.66. The Bertz CT molecular complexity index is 929. The highest BCUT2D eigenvalue weighted by Gasteiger charge is 2.42. The van der Waals surface area contributed by atoms with E-state index in [1.54, 1.807) is 13.2 Å². The Kier molecular flexibility index (Phi) is 6.62. The summed E-state index contributed by atoms with van der Waals surface area (Å²) < 4.78 is 5.12. The van der Waals surface area contributed by atoms with E-state index in [2.05, 4.69) is 6.92 Å². The zero-order chi connectivity index (χ0) is 20.8. The van der Waals surface area contributed by atoms with Crippen LogP contribution >= 0.6 is 0 Å². The molecular formula is C24H25NO4. The molecule has 1 atom stereocenters. The fourth-order valence-electron chi connectivity index (χ4n) is 3.43. The molecule has 0 saturated heterocycles. The monoisotopic (exact) mass is 391 g/mol. The van der Waals surface area contributed by atoms with E-state index < -0.39 is 17.7 Å². The number of carbonyl (C=O) groups is 2. The Balaban J connectivity index is 1.97. The number of allylic oxidation sites excluding steroid dienone is 1. The number of hydrogen-bond donors (Lipinski definition) is 1. The van der Waals surface area contributed by atoms with Crippen LogP contribution in [0.25, 0.3) is 6.08 Å². The third-order valence-electron chi connectivity index (χ3n) is 5.04. The smallest absolute Gasteiger partial charge is 0.290 e. The Labute approximate surface area is 170 Å². The molecule has 5 heteroatoms. The van der Waals surface area contributed by atoms with Crippen molar-refractivity contribution in [3.8, 4) is 0 Å². The predicted octanol–water partition coefficient (Wildman–Crippen LogP) is 3.87. The summed E-state index contributed by atoms with van der Waals surface area (Å²) in [6.45, 7) is 2.65. The normalized spacial score (nSPS) is 16.8. The summed E-state index contributed by atoms with van der Waals surface area (Å²) in [5.41, 5.74) is 2.91. The molecule has 2 aromatic carbocycles.